The molecule has 1 aromatic rings. The van der Waals surface area contributed by atoms with E-state index in [2.05, 4.69) is 5.32 Å². The molecule has 1 aromatic carbocycles. The molecule has 0 heterocycles. The fraction of sp³-hybridized carbons (Fsp3) is 0.417. The molecule has 0 spiro atoms. The predicted molar refractivity (Wildman–Crippen MR) is 62.5 cm³/mol. The molecule has 0 amide bonds. The van der Waals surface area contributed by atoms with Crippen molar-refractivity contribution in [1.29, 1.82) is 0 Å². The number of ether oxygens (including phenoxy) is 1. The van der Waals surface area contributed by atoms with Crippen molar-refractivity contribution in [3.8, 4) is 0 Å². The topological polar surface area (TPSA) is 58.6 Å². The first-order valence-corrected chi connectivity index (χ1v) is 5.18. The maximum Gasteiger partial charge on any atom is 0.305 e. The molecule has 1 unspecified atom stereocenters. The first kappa shape index (κ1) is 12.5. The molecule has 0 aliphatic carbocycles. The van der Waals surface area contributed by atoms with E-state index >= 15 is 0 Å². The highest BCUT2D eigenvalue weighted by Crippen LogP contribution is 2.17. The van der Waals surface area contributed by atoms with Crippen molar-refractivity contribution in [2.24, 2.45) is 0 Å². The number of aliphatic carboxylic acids is 1. The molecule has 0 fully saturated rings. The van der Waals surface area contributed by atoms with Crippen LogP contribution in [0.2, 0.25) is 0 Å². The fourth-order valence-corrected chi connectivity index (χ4v) is 1.52. The Balaban J connectivity index is 2.68. The van der Waals surface area contributed by atoms with Gasteiger partial charge in [-0.05, 0) is 13.0 Å². The zero-order valence-electron chi connectivity index (χ0n) is 9.56. The predicted octanol–water partition coefficient (Wildman–Crippen LogP) is 2.11. The lowest BCUT2D eigenvalue weighted by molar-refractivity contribution is -0.137. The number of rotatable bonds is 6. The summed E-state index contributed by atoms with van der Waals surface area (Å²) in [6, 6.07) is 7.62. The quantitative estimate of drug-likeness (QED) is 0.775. The van der Waals surface area contributed by atoms with Crippen molar-refractivity contribution in [3.05, 3.63) is 29.8 Å². The first-order valence-electron chi connectivity index (χ1n) is 5.18. The number of hydrogen-bond donors (Lipinski definition) is 2. The summed E-state index contributed by atoms with van der Waals surface area (Å²) < 4.78 is 5.07. The molecule has 88 valence electrons. The molecule has 0 aliphatic heterocycles. The van der Waals surface area contributed by atoms with E-state index in [9.17, 15) is 4.79 Å². The van der Waals surface area contributed by atoms with E-state index in [1.165, 1.54) is 0 Å². The minimum Gasteiger partial charge on any atom is -0.481 e. The lowest BCUT2D eigenvalue weighted by Crippen LogP contribution is -2.20. The molecule has 16 heavy (non-hydrogen) atoms. The van der Waals surface area contributed by atoms with Crippen LogP contribution in [0.3, 0.4) is 0 Å². The number of nitrogens with one attached hydrogen (secondary N) is 1. The number of benzene rings is 1. The van der Waals surface area contributed by atoms with Crippen LogP contribution in [-0.2, 0) is 16.1 Å². The number of carboxylic acids is 1. The molecule has 2 N–H and O–H groups in total. The summed E-state index contributed by atoms with van der Waals surface area (Å²) in [4.78, 5) is 10.5. The van der Waals surface area contributed by atoms with Gasteiger partial charge in [-0.15, -0.1) is 0 Å². The van der Waals surface area contributed by atoms with Gasteiger partial charge in [0.1, 0.15) is 0 Å². The molecule has 0 radical (unpaired) electrons. The molecule has 1 atom stereocenters. The number of para-hydroxylation sites is 1. The van der Waals surface area contributed by atoms with Crippen molar-refractivity contribution in [2.45, 2.75) is 26.0 Å². The summed E-state index contributed by atoms with van der Waals surface area (Å²) in [5.41, 5.74) is 1.96. The lowest BCUT2D eigenvalue weighted by atomic mass is 10.1. The largest absolute Gasteiger partial charge is 0.481 e. The summed E-state index contributed by atoms with van der Waals surface area (Å²) >= 11 is 0. The number of carboxylic acid groups (broad SMARTS) is 1. The van der Waals surface area contributed by atoms with Crippen LogP contribution in [0, 0.1) is 0 Å². The normalized spacial score (nSPS) is 12.1. The van der Waals surface area contributed by atoms with Gasteiger partial charge in [0.2, 0.25) is 0 Å². The molecule has 4 heteroatoms. The van der Waals surface area contributed by atoms with E-state index in [0.29, 0.717) is 6.61 Å². The van der Waals surface area contributed by atoms with Crippen molar-refractivity contribution >= 4 is 11.7 Å². The van der Waals surface area contributed by atoms with Crippen LogP contribution in [-0.4, -0.2) is 24.2 Å². The molecule has 0 aromatic heterocycles. The van der Waals surface area contributed by atoms with Gasteiger partial charge < -0.3 is 15.2 Å². The SMILES string of the molecule is COCc1ccccc1NC(C)CC(=O)O. The van der Waals surface area contributed by atoms with E-state index in [0.717, 1.165) is 11.3 Å². The number of carbonyl (C=O) groups is 1. The maximum absolute atomic E-state index is 10.5. The second kappa shape index (κ2) is 6.12. The molecule has 0 saturated heterocycles. The highest BCUT2D eigenvalue weighted by atomic mass is 16.5. The zero-order chi connectivity index (χ0) is 12.0. The molecule has 1 rings (SSSR count). The Bertz CT molecular complexity index is 352. The van der Waals surface area contributed by atoms with Gasteiger partial charge in [0.25, 0.3) is 0 Å². The van der Waals surface area contributed by atoms with Crippen LogP contribution in [0.15, 0.2) is 24.3 Å². The van der Waals surface area contributed by atoms with E-state index in [4.69, 9.17) is 9.84 Å². The average molecular weight is 223 g/mol. The zero-order valence-corrected chi connectivity index (χ0v) is 9.56. The third-order valence-electron chi connectivity index (χ3n) is 2.20. The van der Waals surface area contributed by atoms with E-state index in [1.54, 1.807) is 7.11 Å². The minimum absolute atomic E-state index is 0.0985. The Hall–Kier alpha value is -1.55. The first-order chi connectivity index (χ1) is 7.63. The number of methoxy groups -OCH3 is 1. The monoisotopic (exact) mass is 223 g/mol. The van der Waals surface area contributed by atoms with Crippen LogP contribution >= 0.6 is 0 Å². The molecular formula is C12H17NO3. The van der Waals surface area contributed by atoms with Gasteiger partial charge in [0.05, 0.1) is 13.0 Å². The number of hydrogen-bond acceptors (Lipinski definition) is 3. The van der Waals surface area contributed by atoms with E-state index in [-0.39, 0.29) is 12.5 Å². The van der Waals surface area contributed by atoms with Gasteiger partial charge in [-0.1, -0.05) is 18.2 Å². The van der Waals surface area contributed by atoms with Crippen molar-refractivity contribution in [2.75, 3.05) is 12.4 Å². The van der Waals surface area contributed by atoms with Gasteiger partial charge >= 0.3 is 5.97 Å². The lowest BCUT2D eigenvalue weighted by Gasteiger charge is -2.16. The van der Waals surface area contributed by atoms with E-state index < -0.39 is 5.97 Å². The highest BCUT2D eigenvalue weighted by molar-refractivity contribution is 5.68. The van der Waals surface area contributed by atoms with Crippen molar-refractivity contribution in [3.63, 3.8) is 0 Å². The Labute approximate surface area is 95.2 Å². The Morgan fingerprint density at radius 1 is 1.50 bits per heavy atom. The van der Waals surface area contributed by atoms with Gasteiger partial charge in [0.15, 0.2) is 0 Å². The van der Waals surface area contributed by atoms with E-state index in [1.807, 2.05) is 31.2 Å². The molecular weight excluding hydrogens is 206 g/mol. The standard InChI is InChI=1S/C12H17NO3/c1-9(7-12(14)15)13-11-6-4-3-5-10(11)8-16-2/h3-6,9,13H,7-8H2,1-2H3,(H,14,15). The summed E-state index contributed by atoms with van der Waals surface area (Å²) in [6.45, 7) is 2.36. The summed E-state index contributed by atoms with van der Waals surface area (Å²) in [5.74, 6) is -0.802. The third kappa shape index (κ3) is 3.90. The Morgan fingerprint density at radius 2 is 2.19 bits per heavy atom. The van der Waals surface area contributed by atoms with Crippen LogP contribution in [0.5, 0.6) is 0 Å². The van der Waals surface area contributed by atoms with Gasteiger partial charge in [-0.25, -0.2) is 0 Å². The summed E-state index contributed by atoms with van der Waals surface area (Å²) in [7, 11) is 1.64. The van der Waals surface area contributed by atoms with Crippen LogP contribution < -0.4 is 5.32 Å². The second-order valence-electron chi connectivity index (χ2n) is 3.73. The highest BCUT2D eigenvalue weighted by Gasteiger charge is 2.09. The fourth-order valence-electron chi connectivity index (χ4n) is 1.52. The average Bonchev–Trinajstić information content (AvgIpc) is 2.20. The smallest absolute Gasteiger partial charge is 0.305 e. The minimum atomic E-state index is -0.802. The number of anilines is 1. The third-order valence-corrected chi connectivity index (χ3v) is 2.20. The van der Waals surface area contributed by atoms with Gasteiger partial charge in [-0.3, -0.25) is 4.79 Å². The van der Waals surface area contributed by atoms with Crippen LogP contribution in [0.4, 0.5) is 5.69 Å². The molecule has 0 aliphatic rings. The molecule has 0 bridgehead atoms. The molecule has 0 saturated carbocycles. The van der Waals surface area contributed by atoms with Crippen molar-refractivity contribution in [1.82, 2.24) is 0 Å². The Kier molecular flexibility index (Phi) is 4.79. The van der Waals surface area contributed by atoms with Gasteiger partial charge in [-0.2, -0.15) is 0 Å². The van der Waals surface area contributed by atoms with Gasteiger partial charge in [0, 0.05) is 24.4 Å². The summed E-state index contributed by atoms with van der Waals surface area (Å²) in [5, 5.41) is 11.8. The molecule has 4 nitrogen and oxygen atoms in total. The second-order valence-corrected chi connectivity index (χ2v) is 3.73. The summed E-state index contributed by atoms with van der Waals surface area (Å²) in [6.07, 6.45) is 0.0985. The van der Waals surface area contributed by atoms with Crippen LogP contribution in [0.25, 0.3) is 0 Å². The Morgan fingerprint density at radius 3 is 2.81 bits per heavy atom. The van der Waals surface area contributed by atoms with Crippen molar-refractivity contribution < 1.29 is 14.6 Å². The van der Waals surface area contributed by atoms with Crippen LogP contribution in [0.1, 0.15) is 18.9 Å². The maximum atomic E-state index is 10.5.